The molecule has 128 valence electrons. The van der Waals surface area contributed by atoms with E-state index in [9.17, 15) is 13.2 Å². The van der Waals surface area contributed by atoms with Crippen molar-refractivity contribution in [1.82, 2.24) is 25.1 Å². The number of hydrogen-bond acceptors (Lipinski definition) is 6. The van der Waals surface area contributed by atoms with Gasteiger partial charge in [0.1, 0.15) is 10.6 Å². The molecule has 1 amide bonds. The first-order chi connectivity index (χ1) is 11.4. The number of carbonyl (C=O) groups is 1. The number of rotatable bonds is 3. The second kappa shape index (κ2) is 6.31. The van der Waals surface area contributed by atoms with Gasteiger partial charge in [0.15, 0.2) is 9.84 Å². The van der Waals surface area contributed by atoms with E-state index in [0.717, 1.165) is 24.8 Å². The third-order valence-electron chi connectivity index (χ3n) is 4.15. The van der Waals surface area contributed by atoms with E-state index in [-0.39, 0.29) is 16.7 Å². The molecular formula is C15H19N5O3S. The lowest BCUT2D eigenvalue weighted by atomic mass is 9.94. The summed E-state index contributed by atoms with van der Waals surface area (Å²) >= 11 is 0. The number of aryl methyl sites for hydroxylation is 1. The zero-order valence-electron chi connectivity index (χ0n) is 13.6. The Morgan fingerprint density at radius 3 is 2.75 bits per heavy atom. The van der Waals surface area contributed by atoms with Crippen LogP contribution >= 0.6 is 0 Å². The van der Waals surface area contributed by atoms with E-state index in [2.05, 4.69) is 20.2 Å². The lowest BCUT2D eigenvalue weighted by Crippen LogP contribution is -2.39. The summed E-state index contributed by atoms with van der Waals surface area (Å²) in [6.07, 6.45) is 7.11. The minimum atomic E-state index is -3.35. The van der Waals surface area contributed by atoms with Crippen molar-refractivity contribution in [1.29, 1.82) is 0 Å². The van der Waals surface area contributed by atoms with Gasteiger partial charge in [0.2, 0.25) is 0 Å². The summed E-state index contributed by atoms with van der Waals surface area (Å²) in [6, 6.07) is 0. The Balaban J connectivity index is 1.81. The molecule has 1 atom stereocenters. The number of aromatic amines is 1. The minimum absolute atomic E-state index is 0.0895. The monoisotopic (exact) mass is 349 g/mol. The molecule has 3 rings (SSSR count). The van der Waals surface area contributed by atoms with Crippen LogP contribution in [0.15, 0.2) is 23.5 Å². The van der Waals surface area contributed by atoms with E-state index in [4.69, 9.17) is 0 Å². The van der Waals surface area contributed by atoms with E-state index in [1.807, 2.05) is 6.92 Å². The first-order valence-corrected chi connectivity index (χ1v) is 9.56. The van der Waals surface area contributed by atoms with Crippen LogP contribution in [0.3, 0.4) is 0 Å². The van der Waals surface area contributed by atoms with Gasteiger partial charge in [-0.3, -0.25) is 14.9 Å². The number of hydrogen-bond donors (Lipinski definition) is 1. The van der Waals surface area contributed by atoms with E-state index < -0.39 is 9.84 Å². The summed E-state index contributed by atoms with van der Waals surface area (Å²) in [5.41, 5.74) is 1.62. The quantitative estimate of drug-likeness (QED) is 0.883. The predicted molar refractivity (Wildman–Crippen MR) is 86.3 cm³/mol. The number of nitrogens with zero attached hydrogens (tertiary/aromatic N) is 4. The molecule has 0 aliphatic carbocycles. The van der Waals surface area contributed by atoms with Gasteiger partial charge < -0.3 is 4.90 Å². The van der Waals surface area contributed by atoms with Crippen molar-refractivity contribution in [3.8, 4) is 0 Å². The van der Waals surface area contributed by atoms with Crippen molar-refractivity contribution >= 4 is 15.7 Å². The van der Waals surface area contributed by atoms with Crippen molar-refractivity contribution < 1.29 is 13.2 Å². The summed E-state index contributed by atoms with van der Waals surface area (Å²) in [6.45, 7) is 2.86. The number of amides is 1. The van der Waals surface area contributed by atoms with Crippen LogP contribution in [-0.4, -0.2) is 58.7 Å². The van der Waals surface area contributed by atoms with E-state index in [0.29, 0.717) is 24.5 Å². The molecule has 1 N–H and O–H groups in total. The number of nitrogens with one attached hydrogen (secondary N) is 1. The van der Waals surface area contributed by atoms with Crippen LogP contribution in [0.25, 0.3) is 0 Å². The molecular weight excluding hydrogens is 330 g/mol. The molecule has 0 radical (unpaired) electrons. The van der Waals surface area contributed by atoms with Crippen molar-refractivity contribution in [2.45, 2.75) is 30.6 Å². The minimum Gasteiger partial charge on any atom is -0.337 e. The largest absolute Gasteiger partial charge is 0.337 e. The maximum atomic E-state index is 12.6. The van der Waals surface area contributed by atoms with Crippen molar-refractivity contribution in [3.05, 3.63) is 35.7 Å². The van der Waals surface area contributed by atoms with Gasteiger partial charge in [-0.1, -0.05) is 0 Å². The molecule has 1 fully saturated rings. The Kier molecular flexibility index (Phi) is 4.35. The molecule has 2 aromatic heterocycles. The van der Waals surface area contributed by atoms with Crippen LogP contribution < -0.4 is 0 Å². The Bertz CT molecular complexity index is 844. The molecule has 2 aromatic rings. The Labute approximate surface area is 140 Å². The molecule has 0 saturated carbocycles. The fourth-order valence-electron chi connectivity index (χ4n) is 2.94. The zero-order chi connectivity index (χ0) is 17.3. The first-order valence-electron chi connectivity index (χ1n) is 7.67. The maximum Gasteiger partial charge on any atom is 0.274 e. The fraction of sp³-hybridized carbons (Fsp3) is 0.467. The van der Waals surface area contributed by atoms with Gasteiger partial charge in [-0.05, 0) is 19.8 Å². The maximum absolute atomic E-state index is 12.6. The van der Waals surface area contributed by atoms with Crippen LogP contribution in [0.4, 0.5) is 0 Å². The predicted octanol–water partition coefficient (Wildman–Crippen LogP) is 0.931. The number of likely N-dealkylation sites (tertiary alicyclic amines) is 1. The van der Waals surface area contributed by atoms with Gasteiger partial charge in [0.25, 0.3) is 5.91 Å². The third kappa shape index (κ3) is 3.30. The Morgan fingerprint density at radius 1 is 1.29 bits per heavy atom. The summed E-state index contributed by atoms with van der Waals surface area (Å²) in [5, 5.41) is 6.67. The number of carbonyl (C=O) groups excluding carboxylic acids is 1. The molecule has 0 aromatic carbocycles. The molecule has 1 aliphatic heterocycles. The highest BCUT2D eigenvalue weighted by molar-refractivity contribution is 7.90. The topological polar surface area (TPSA) is 109 Å². The molecule has 3 heterocycles. The lowest BCUT2D eigenvalue weighted by Gasteiger charge is -2.32. The first kappa shape index (κ1) is 16.6. The van der Waals surface area contributed by atoms with Crippen LogP contribution in [-0.2, 0) is 9.84 Å². The van der Waals surface area contributed by atoms with E-state index >= 15 is 0 Å². The lowest BCUT2D eigenvalue weighted by molar-refractivity contribution is 0.0698. The Hall–Kier alpha value is -2.29. The highest BCUT2D eigenvalue weighted by atomic mass is 32.2. The second-order valence-electron chi connectivity index (χ2n) is 6.05. The van der Waals surface area contributed by atoms with Crippen LogP contribution in [0, 0.1) is 6.92 Å². The highest BCUT2D eigenvalue weighted by Crippen LogP contribution is 2.30. The smallest absolute Gasteiger partial charge is 0.274 e. The van der Waals surface area contributed by atoms with Crippen LogP contribution in [0.5, 0.6) is 0 Å². The van der Waals surface area contributed by atoms with Gasteiger partial charge >= 0.3 is 0 Å². The second-order valence-corrected chi connectivity index (χ2v) is 8.04. The number of piperidine rings is 1. The highest BCUT2D eigenvalue weighted by Gasteiger charge is 2.30. The van der Waals surface area contributed by atoms with Gasteiger partial charge in [0, 0.05) is 31.5 Å². The number of H-pyrrole nitrogens is 1. The summed E-state index contributed by atoms with van der Waals surface area (Å²) in [5.74, 6) is -0.277. The summed E-state index contributed by atoms with van der Waals surface area (Å²) < 4.78 is 23.7. The molecule has 1 saturated heterocycles. The van der Waals surface area contributed by atoms with Crippen LogP contribution in [0.2, 0.25) is 0 Å². The van der Waals surface area contributed by atoms with Crippen molar-refractivity contribution in [2.24, 2.45) is 0 Å². The molecule has 0 spiro atoms. The average molecular weight is 349 g/mol. The third-order valence-corrected chi connectivity index (χ3v) is 5.27. The average Bonchev–Trinajstić information content (AvgIpc) is 3.05. The van der Waals surface area contributed by atoms with E-state index in [1.165, 1.54) is 12.4 Å². The van der Waals surface area contributed by atoms with E-state index in [1.54, 1.807) is 11.1 Å². The van der Waals surface area contributed by atoms with Crippen molar-refractivity contribution in [2.75, 3.05) is 19.3 Å². The van der Waals surface area contributed by atoms with Gasteiger partial charge in [-0.15, -0.1) is 0 Å². The van der Waals surface area contributed by atoms with Gasteiger partial charge in [-0.25, -0.2) is 13.4 Å². The number of sulfone groups is 1. The van der Waals surface area contributed by atoms with Crippen LogP contribution in [0.1, 0.15) is 40.6 Å². The normalized spacial score (nSPS) is 18.6. The number of aromatic nitrogens is 4. The van der Waals surface area contributed by atoms with Crippen molar-refractivity contribution in [3.63, 3.8) is 0 Å². The summed E-state index contributed by atoms with van der Waals surface area (Å²) in [7, 11) is -3.35. The molecule has 0 bridgehead atoms. The molecule has 1 unspecified atom stereocenters. The summed E-state index contributed by atoms with van der Waals surface area (Å²) in [4.78, 5) is 22.7. The molecule has 24 heavy (non-hydrogen) atoms. The fourth-order valence-corrected chi connectivity index (χ4v) is 3.79. The molecule has 9 heteroatoms. The zero-order valence-corrected chi connectivity index (χ0v) is 14.4. The molecule has 1 aliphatic rings. The molecule has 8 nitrogen and oxygen atoms in total. The standard InChI is InChI=1S/C15H19N5O3S/c1-10-6-17-12(7-16-10)15(21)20-5-3-4-11(9-20)14-13(8-18-19-14)24(2,22)23/h6-8,11H,3-5,9H2,1-2H3,(H,18,19). The Morgan fingerprint density at radius 2 is 2.08 bits per heavy atom. The van der Waals surface area contributed by atoms with Gasteiger partial charge in [0.05, 0.1) is 23.8 Å². The SMILES string of the molecule is Cc1cnc(C(=O)N2CCCC(c3[nH]ncc3S(C)(=O)=O)C2)cn1. The van der Waals surface area contributed by atoms with Gasteiger partial charge in [-0.2, -0.15) is 5.10 Å².